The van der Waals surface area contributed by atoms with Crippen LogP contribution in [0.25, 0.3) is 10.7 Å². The monoisotopic (exact) mass is 424 g/mol. The zero-order valence-corrected chi connectivity index (χ0v) is 18.2. The molecule has 0 spiro atoms. The van der Waals surface area contributed by atoms with Gasteiger partial charge in [0.2, 0.25) is 0 Å². The number of carbonyl (C=O) groups is 2. The number of carbonyl (C=O) groups excluding carboxylic acids is 2. The van der Waals surface area contributed by atoms with Crippen molar-refractivity contribution in [1.82, 2.24) is 9.97 Å². The number of ketones is 1. The molecule has 0 radical (unpaired) electrons. The van der Waals surface area contributed by atoms with Crippen LogP contribution in [0.15, 0.2) is 22.9 Å². The Balaban J connectivity index is 1.98. The summed E-state index contributed by atoms with van der Waals surface area (Å²) in [5, 5.41) is 5.34. The van der Waals surface area contributed by atoms with Crippen molar-refractivity contribution < 1.29 is 14.3 Å². The first-order valence-corrected chi connectivity index (χ1v) is 11.1. The summed E-state index contributed by atoms with van der Waals surface area (Å²) in [6, 6.07) is 0. The normalized spacial score (nSPS) is 12.6. The predicted molar refractivity (Wildman–Crippen MR) is 114 cm³/mol. The summed E-state index contributed by atoms with van der Waals surface area (Å²) in [5.74, 6) is -0.223. The Kier molecular flexibility index (Phi) is 8.66. The van der Waals surface area contributed by atoms with Gasteiger partial charge in [-0.2, -0.15) is 12.6 Å². The smallest absolute Gasteiger partial charge is 0.309 e. The molecule has 0 aromatic carbocycles. The highest BCUT2D eigenvalue weighted by molar-refractivity contribution is 7.80. The Morgan fingerprint density at radius 2 is 2.00 bits per heavy atom. The number of esters is 1. The van der Waals surface area contributed by atoms with E-state index in [1.54, 1.807) is 22.8 Å². The van der Waals surface area contributed by atoms with Crippen LogP contribution in [0, 0.1) is 18.8 Å². The molecule has 2 heterocycles. The number of hydrogen-bond donors (Lipinski definition) is 1. The quantitative estimate of drug-likeness (QED) is 0.256. The number of aromatic nitrogens is 2. The molecule has 0 saturated carbocycles. The number of rotatable bonds is 10. The van der Waals surface area contributed by atoms with E-state index in [9.17, 15) is 9.59 Å². The van der Waals surface area contributed by atoms with Gasteiger partial charge in [-0.3, -0.25) is 9.59 Å². The second kappa shape index (κ2) is 10.7. The van der Waals surface area contributed by atoms with Crippen molar-refractivity contribution in [3.8, 4) is 10.7 Å². The highest BCUT2D eigenvalue weighted by atomic mass is 32.1. The Morgan fingerprint density at radius 1 is 1.22 bits per heavy atom. The Morgan fingerprint density at radius 3 is 2.63 bits per heavy atom. The number of ether oxygens (including phenoxy) is 1. The molecule has 27 heavy (non-hydrogen) atoms. The lowest BCUT2D eigenvalue weighted by Crippen LogP contribution is -2.26. The Labute approximate surface area is 173 Å². The molecule has 0 saturated heterocycles. The fraction of sp³-hybridized carbons (Fsp3) is 0.474. The van der Waals surface area contributed by atoms with E-state index in [4.69, 9.17) is 4.74 Å². The van der Waals surface area contributed by atoms with Crippen molar-refractivity contribution in [3.63, 3.8) is 0 Å². The minimum Gasteiger partial charge on any atom is -0.461 e. The molecule has 0 unspecified atom stereocenters. The van der Waals surface area contributed by atoms with Crippen molar-refractivity contribution in [1.29, 1.82) is 0 Å². The van der Waals surface area contributed by atoms with Gasteiger partial charge in [0.25, 0.3) is 0 Å². The van der Waals surface area contributed by atoms with E-state index in [1.807, 2.05) is 32.2 Å². The molecule has 5 nitrogen and oxygen atoms in total. The molecule has 1 atom stereocenters. The third-order valence-corrected chi connectivity index (χ3v) is 5.82. The first-order valence-electron chi connectivity index (χ1n) is 8.76. The Hall–Kier alpha value is -1.51. The summed E-state index contributed by atoms with van der Waals surface area (Å²) in [4.78, 5) is 33.8. The first kappa shape index (κ1) is 21.8. The van der Waals surface area contributed by atoms with Crippen LogP contribution >= 0.6 is 35.3 Å². The second-order valence-electron chi connectivity index (χ2n) is 6.38. The van der Waals surface area contributed by atoms with Crippen molar-refractivity contribution in [2.75, 3.05) is 12.4 Å². The molecule has 0 fully saturated rings. The summed E-state index contributed by atoms with van der Waals surface area (Å²) >= 11 is 7.05. The van der Waals surface area contributed by atoms with Crippen molar-refractivity contribution in [3.05, 3.63) is 33.6 Å². The summed E-state index contributed by atoms with van der Waals surface area (Å²) in [6.45, 7) is 5.98. The highest BCUT2D eigenvalue weighted by Gasteiger charge is 2.28. The maximum absolute atomic E-state index is 12.6. The third kappa shape index (κ3) is 6.55. The predicted octanol–water partition coefficient (Wildman–Crippen LogP) is 4.84. The van der Waals surface area contributed by atoms with Crippen LogP contribution in [-0.4, -0.2) is 34.1 Å². The summed E-state index contributed by atoms with van der Waals surface area (Å²) in [5.41, 5.74) is 1.17. The van der Waals surface area contributed by atoms with Crippen LogP contribution in [0.1, 0.15) is 42.2 Å². The van der Waals surface area contributed by atoms with E-state index in [1.165, 1.54) is 11.3 Å². The van der Waals surface area contributed by atoms with E-state index in [0.717, 1.165) is 27.9 Å². The average molecular weight is 425 g/mol. The molecule has 2 aromatic heterocycles. The van der Waals surface area contributed by atoms with Crippen LogP contribution in [0.3, 0.4) is 0 Å². The van der Waals surface area contributed by atoms with Crippen LogP contribution in [0.4, 0.5) is 0 Å². The van der Waals surface area contributed by atoms with Gasteiger partial charge in [0.15, 0.2) is 5.78 Å². The van der Waals surface area contributed by atoms with Gasteiger partial charge in [-0.25, -0.2) is 9.97 Å². The van der Waals surface area contributed by atoms with Gasteiger partial charge in [-0.1, -0.05) is 26.0 Å². The van der Waals surface area contributed by atoms with Crippen LogP contribution < -0.4 is 0 Å². The molecule has 2 aromatic rings. The molecule has 146 valence electrons. The van der Waals surface area contributed by atoms with Crippen LogP contribution in [0.5, 0.6) is 0 Å². The van der Waals surface area contributed by atoms with Gasteiger partial charge in [-0.05, 0) is 25.0 Å². The summed E-state index contributed by atoms with van der Waals surface area (Å²) in [7, 11) is 0. The number of Topliss-reactive ketones (excluding diaryl/α,β-unsaturated/α-hetero) is 1. The molecule has 0 aliphatic heterocycles. The first-order chi connectivity index (χ1) is 12.9. The van der Waals surface area contributed by atoms with E-state index in [2.05, 4.69) is 22.6 Å². The average Bonchev–Trinajstić information content (AvgIpc) is 3.27. The molecule has 0 bridgehead atoms. The van der Waals surface area contributed by atoms with Gasteiger partial charge < -0.3 is 4.74 Å². The fourth-order valence-corrected chi connectivity index (χ4v) is 3.98. The number of thiazole rings is 2. The molecule has 0 N–H and O–H groups in total. The molecule has 8 heteroatoms. The summed E-state index contributed by atoms with van der Waals surface area (Å²) < 4.78 is 5.30. The van der Waals surface area contributed by atoms with Crippen molar-refractivity contribution in [2.45, 2.75) is 33.6 Å². The van der Waals surface area contributed by atoms with Gasteiger partial charge in [0, 0.05) is 17.2 Å². The molecule has 0 aliphatic carbocycles. The van der Waals surface area contributed by atoms with Gasteiger partial charge in [-0.15, -0.1) is 22.7 Å². The lowest BCUT2D eigenvalue weighted by molar-refractivity contribution is -0.148. The number of aryl methyl sites for hydroxylation is 1. The highest BCUT2D eigenvalue weighted by Crippen LogP contribution is 2.27. The maximum Gasteiger partial charge on any atom is 0.309 e. The number of nitrogens with zero attached hydrogens (tertiary/aromatic N) is 2. The third-order valence-electron chi connectivity index (χ3n) is 3.93. The van der Waals surface area contributed by atoms with E-state index < -0.39 is 5.92 Å². The van der Waals surface area contributed by atoms with Gasteiger partial charge in [0.05, 0.1) is 10.9 Å². The molecule has 0 aliphatic rings. The molecular formula is C19H24N2O3S3. The zero-order chi connectivity index (χ0) is 19.8. The van der Waals surface area contributed by atoms with Gasteiger partial charge >= 0.3 is 5.97 Å². The zero-order valence-electron chi connectivity index (χ0n) is 15.7. The molecule has 2 rings (SSSR count). The van der Waals surface area contributed by atoms with Crippen LogP contribution in [0.2, 0.25) is 0 Å². The fourth-order valence-electron chi connectivity index (χ4n) is 2.37. The SMILES string of the molecule is Cc1nc(-c2nc(C(=O)C[C@H](C(=O)OC/C=C/CCS)C(C)C)cs2)cs1. The lowest BCUT2D eigenvalue weighted by atomic mass is 9.90. The summed E-state index contributed by atoms with van der Waals surface area (Å²) in [6.07, 6.45) is 4.65. The topological polar surface area (TPSA) is 69.2 Å². The molecular weight excluding hydrogens is 400 g/mol. The van der Waals surface area contributed by atoms with Crippen LogP contribution in [-0.2, 0) is 9.53 Å². The van der Waals surface area contributed by atoms with Crippen molar-refractivity contribution >= 4 is 47.1 Å². The van der Waals surface area contributed by atoms with Crippen molar-refractivity contribution in [2.24, 2.45) is 11.8 Å². The standard InChI is InChI=1S/C19H24N2O3S3/c1-12(2)14(19(23)24-7-5-4-6-8-25)9-17(22)15-10-27-18(21-15)16-11-26-13(3)20-16/h4-5,10-12,14,25H,6-9H2,1-3H3/b5-4+/t14-/m0/s1. The minimum absolute atomic E-state index is 0.00201. The van der Waals surface area contributed by atoms with E-state index in [-0.39, 0.29) is 30.7 Å². The van der Waals surface area contributed by atoms with Gasteiger partial charge in [0.1, 0.15) is 23.0 Å². The maximum atomic E-state index is 12.6. The van der Waals surface area contributed by atoms with E-state index >= 15 is 0 Å². The van der Waals surface area contributed by atoms with E-state index in [0.29, 0.717) is 5.69 Å². The minimum atomic E-state index is -0.484. The number of thiol groups is 1. The lowest BCUT2D eigenvalue weighted by Gasteiger charge is -2.17. The molecule has 0 amide bonds. The largest absolute Gasteiger partial charge is 0.461 e. The number of hydrogen-bond acceptors (Lipinski definition) is 8. The second-order valence-corrected chi connectivity index (χ2v) is 8.75. The Bertz CT molecular complexity index is 796. The number of allylic oxidation sites excluding steroid dienone is 1.